The van der Waals surface area contributed by atoms with Crippen molar-refractivity contribution in [2.45, 2.75) is 12.5 Å². The van der Waals surface area contributed by atoms with Gasteiger partial charge in [-0.05, 0) is 25.1 Å². The van der Waals surface area contributed by atoms with E-state index in [0.717, 1.165) is 0 Å². The standard InChI is InChI=1S/C12H14N2O3/c1-12(7-15,8-16)14-11(17)10-4-2-3-9(5-10)6-13/h2-5,15-16H,7-8H2,1H3,(H,14,17). The van der Waals surface area contributed by atoms with Gasteiger partial charge in [0.25, 0.3) is 5.91 Å². The SMILES string of the molecule is CC(CO)(CO)NC(=O)c1cccc(C#N)c1. The number of benzene rings is 1. The summed E-state index contributed by atoms with van der Waals surface area (Å²) in [7, 11) is 0. The summed E-state index contributed by atoms with van der Waals surface area (Å²) in [6.07, 6.45) is 0. The fraction of sp³-hybridized carbons (Fsp3) is 0.333. The molecule has 1 aromatic carbocycles. The van der Waals surface area contributed by atoms with E-state index in [-0.39, 0.29) is 13.2 Å². The van der Waals surface area contributed by atoms with E-state index in [1.54, 1.807) is 18.2 Å². The molecule has 1 amide bonds. The van der Waals surface area contributed by atoms with Gasteiger partial charge < -0.3 is 15.5 Å². The van der Waals surface area contributed by atoms with Crippen molar-refractivity contribution < 1.29 is 15.0 Å². The first-order valence-electron chi connectivity index (χ1n) is 5.09. The third-order valence-electron chi connectivity index (χ3n) is 2.37. The number of carbonyl (C=O) groups excluding carboxylic acids is 1. The second kappa shape index (κ2) is 5.43. The minimum Gasteiger partial charge on any atom is -0.394 e. The number of aliphatic hydroxyl groups is 2. The predicted octanol–water partition coefficient (Wildman–Crippen LogP) is 0.0314. The molecule has 0 bridgehead atoms. The van der Waals surface area contributed by atoms with E-state index in [2.05, 4.69) is 5.32 Å². The molecule has 5 heteroatoms. The molecule has 0 saturated heterocycles. The zero-order valence-electron chi connectivity index (χ0n) is 9.47. The summed E-state index contributed by atoms with van der Waals surface area (Å²) in [4.78, 5) is 11.8. The second-order valence-corrected chi connectivity index (χ2v) is 4.02. The highest BCUT2D eigenvalue weighted by molar-refractivity contribution is 5.95. The number of nitrogens with zero attached hydrogens (tertiary/aromatic N) is 1. The molecule has 0 fully saturated rings. The van der Waals surface area contributed by atoms with Gasteiger partial charge in [-0.15, -0.1) is 0 Å². The van der Waals surface area contributed by atoms with Crippen molar-refractivity contribution in [1.82, 2.24) is 5.32 Å². The summed E-state index contributed by atoms with van der Waals surface area (Å²) in [6, 6.07) is 8.14. The van der Waals surface area contributed by atoms with Crippen molar-refractivity contribution in [1.29, 1.82) is 5.26 Å². The Kier molecular flexibility index (Phi) is 4.21. The van der Waals surface area contributed by atoms with E-state index in [0.29, 0.717) is 11.1 Å². The molecule has 0 radical (unpaired) electrons. The first-order chi connectivity index (χ1) is 8.04. The van der Waals surface area contributed by atoms with Crippen LogP contribution >= 0.6 is 0 Å². The lowest BCUT2D eigenvalue weighted by Gasteiger charge is -2.26. The van der Waals surface area contributed by atoms with Gasteiger partial charge in [0.1, 0.15) is 0 Å². The Morgan fingerprint density at radius 3 is 2.65 bits per heavy atom. The van der Waals surface area contributed by atoms with Crippen LogP contribution in [0.4, 0.5) is 0 Å². The summed E-state index contributed by atoms with van der Waals surface area (Å²) in [5, 5.41) is 29.3. The Hall–Kier alpha value is -1.90. The molecule has 1 aromatic rings. The first kappa shape index (κ1) is 13.2. The van der Waals surface area contributed by atoms with Crippen molar-refractivity contribution >= 4 is 5.91 Å². The summed E-state index contributed by atoms with van der Waals surface area (Å²) in [6.45, 7) is 0.791. The molecule has 0 unspecified atom stereocenters. The maximum Gasteiger partial charge on any atom is 0.251 e. The van der Waals surface area contributed by atoms with Crippen molar-refractivity contribution in [3.05, 3.63) is 35.4 Å². The third-order valence-corrected chi connectivity index (χ3v) is 2.37. The van der Waals surface area contributed by atoms with Gasteiger partial charge in [-0.3, -0.25) is 4.79 Å². The molecule has 1 rings (SSSR count). The molecule has 0 aliphatic heterocycles. The second-order valence-electron chi connectivity index (χ2n) is 4.02. The zero-order valence-corrected chi connectivity index (χ0v) is 9.47. The number of hydrogen-bond acceptors (Lipinski definition) is 4. The van der Waals surface area contributed by atoms with Crippen LogP contribution < -0.4 is 5.32 Å². The number of aliphatic hydroxyl groups excluding tert-OH is 2. The third kappa shape index (κ3) is 3.28. The van der Waals surface area contributed by atoms with E-state index >= 15 is 0 Å². The maximum atomic E-state index is 11.8. The van der Waals surface area contributed by atoms with Crippen LogP contribution in [0.3, 0.4) is 0 Å². The molecule has 0 spiro atoms. The van der Waals surface area contributed by atoms with Crippen LogP contribution in [0.15, 0.2) is 24.3 Å². The van der Waals surface area contributed by atoms with E-state index in [1.807, 2.05) is 6.07 Å². The Balaban J connectivity index is 2.87. The fourth-order valence-corrected chi connectivity index (χ4v) is 1.21. The molecule has 5 nitrogen and oxygen atoms in total. The van der Waals surface area contributed by atoms with Gasteiger partial charge in [0.15, 0.2) is 0 Å². The highest BCUT2D eigenvalue weighted by Gasteiger charge is 2.25. The molecule has 0 saturated carbocycles. The number of amides is 1. The normalized spacial score (nSPS) is 10.7. The van der Waals surface area contributed by atoms with E-state index < -0.39 is 11.4 Å². The van der Waals surface area contributed by atoms with Crippen LogP contribution in [-0.2, 0) is 0 Å². The predicted molar refractivity (Wildman–Crippen MR) is 61.2 cm³/mol. The first-order valence-corrected chi connectivity index (χ1v) is 5.09. The van der Waals surface area contributed by atoms with Gasteiger partial charge in [0.2, 0.25) is 0 Å². The van der Waals surface area contributed by atoms with Gasteiger partial charge in [-0.2, -0.15) is 5.26 Å². The van der Waals surface area contributed by atoms with Gasteiger partial charge in [0, 0.05) is 5.56 Å². The smallest absolute Gasteiger partial charge is 0.251 e. The molecule has 0 aliphatic carbocycles. The van der Waals surface area contributed by atoms with Crippen molar-refractivity contribution in [2.24, 2.45) is 0 Å². The molecule has 3 N–H and O–H groups in total. The number of hydrogen-bond donors (Lipinski definition) is 3. The summed E-state index contributed by atoms with van der Waals surface area (Å²) in [5.74, 6) is -0.437. The zero-order chi connectivity index (χ0) is 12.9. The fourth-order valence-electron chi connectivity index (χ4n) is 1.21. The van der Waals surface area contributed by atoms with Crippen LogP contribution in [-0.4, -0.2) is 34.9 Å². The lowest BCUT2D eigenvalue weighted by Crippen LogP contribution is -2.51. The van der Waals surface area contributed by atoms with Crippen LogP contribution in [0.1, 0.15) is 22.8 Å². The largest absolute Gasteiger partial charge is 0.394 e. The Morgan fingerprint density at radius 2 is 2.12 bits per heavy atom. The lowest BCUT2D eigenvalue weighted by atomic mass is 10.0. The van der Waals surface area contributed by atoms with Gasteiger partial charge in [-0.1, -0.05) is 6.07 Å². The molecule has 90 valence electrons. The maximum absolute atomic E-state index is 11.8. The highest BCUT2D eigenvalue weighted by atomic mass is 16.3. The van der Waals surface area contributed by atoms with Gasteiger partial charge >= 0.3 is 0 Å². The van der Waals surface area contributed by atoms with Gasteiger partial charge in [-0.25, -0.2) is 0 Å². The van der Waals surface area contributed by atoms with Gasteiger partial charge in [0.05, 0.1) is 30.4 Å². The molecule has 0 atom stereocenters. The quantitative estimate of drug-likeness (QED) is 0.685. The minimum atomic E-state index is -1.07. The monoisotopic (exact) mass is 234 g/mol. The van der Waals surface area contributed by atoms with E-state index in [9.17, 15) is 4.79 Å². The Morgan fingerprint density at radius 1 is 1.47 bits per heavy atom. The summed E-state index contributed by atoms with van der Waals surface area (Å²) < 4.78 is 0. The number of rotatable bonds is 4. The molecular weight excluding hydrogens is 220 g/mol. The minimum absolute atomic E-state index is 0.317. The summed E-state index contributed by atoms with van der Waals surface area (Å²) in [5.41, 5.74) is -0.371. The molecule has 0 heterocycles. The number of carbonyl (C=O) groups is 1. The Labute approximate surface area is 99.3 Å². The van der Waals surface area contributed by atoms with E-state index in [4.69, 9.17) is 15.5 Å². The molecule has 0 aromatic heterocycles. The molecule has 0 aliphatic rings. The molecular formula is C12H14N2O3. The van der Waals surface area contributed by atoms with Crippen LogP contribution in [0.5, 0.6) is 0 Å². The van der Waals surface area contributed by atoms with Crippen molar-refractivity contribution in [3.63, 3.8) is 0 Å². The van der Waals surface area contributed by atoms with E-state index in [1.165, 1.54) is 13.0 Å². The van der Waals surface area contributed by atoms with Crippen LogP contribution in [0.2, 0.25) is 0 Å². The average Bonchev–Trinajstić information content (AvgIpc) is 2.38. The Bertz CT molecular complexity index is 447. The number of nitriles is 1. The lowest BCUT2D eigenvalue weighted by molar-refractivity contribution is 0.0724. The van der Waals surface area contributed by atoms with Crippen LogP contribution in [0.25, 0.3) is 0 Å². The topological polar surface area (TPSA) is 93.3 Å². The molecule has 17 heavy (non-hydrogen) atoms. The number of nitrogens with one attached hydrogen (secondary N) is 1. The van der Waals surface area contributed by atoms with Crippen molar-refractivity contribution in [2.75, 3.05) is 13.2 Å². The average molecular weight is 234 g/mol. The van der Waals surface area contributed by atoms with Crippen molar-refractivity contribution in [3.8, 4) is 6.07 Å². The summed E-state index contributed by atoms with van der Waals surface area (Å²) >= 11 is 0. The highest BCUT2D eigenvalue weighted by Crippen LogP contribution is 2.07. The van der Waals surface area contributed by atoms with Crippen LogP contribution in [0, 0.1) is 11.3 Å².